The number of ether oxygens (including phenoxy) is 2. The van der Waals surface area contributed by atoms with Gasteiger partial charge in [0.25, 0.3) is 0 Å². The highest BCUT2D eigenvalue weighted by Gasteiger charge is 2.30. The van der Waals surface area contributed by atoms with E-state index in [1.54, 1.807) is 57.5 Å². The van der Waals surface area contributed by atoms with E-state index in [2.05, 4.69) is 0 Å². The molecule has 0 aliphatic carbocycles. The van der Waals surface area contributed by atoms with Crippen LogP contribution in [-0.4, -0.2) is 14.2 Å². The van der Waals surface area contributed by atoms with Gasteiger partial charge in [0.2, 0.25) is 0 Å². The predicted octanol–water partition coefficient (Wildman–Crippen LogP) is 3.07. The highest BCUT2D eigenvalue weighted by atomic mass is 19.1. The number of hydrogen-bond donors (Lipinski definition) is 1. The van der Waals surface area contributed by atoms with Crippen molar-refractivity contribution < 1.29 is 13.9 Å². The maximum absolute atomic E-state index is 14.0. The summed E-state index contributed by atoms with van der Waals surface area (Å²) in [5.41, 5.74) is 6.44. The van der Waals surface area contributed by atoms with Gasteiger partial charge >= 0.3 is 0 Å². The average molecular weight is 275 g/mol. The summed E-state index contributed by atoms with van der Waals surface area (Å²) in [5.74, 6) is 0.898. The molecule has 0 fully saturated rings. The number of hydrogen-bond acceptors (Lipinski definition) is 3. The van der Waals surface area contributed by atoms with Crippen molar-refractivity contribution in [2.24, 2.45) is 5.73 Å². The van der Waals surface area contributed by atoms with Crippen molar-refractivity contribution in [2.45, 2.75) is 12.5 Å². The van der Waals surface area contributed by atoms with Crippen LogP contribution >= 0.6 is 0 Å². The van der Waals surface area contributed by atoms with Gasteiger partial charge in [-0.3, -0.25) is 0 Å². The Balaban J connectivity index is 2.61. The molecule has 0 radical (unpaired) electrons. The third kappa shape index (κ3) is 2.47. The van der Waals surface area contributed by atoms with Gasteiger partial charge in [0.1, 0.15) is 17.3 Å². The molecule has 0 amide bonds. The van der Waals surface area contributed by atoms with Crippen molar-refractivity contribution >= 4 is 0 Å². The van der Waals surface area contributed by atoms with Crippen LogP contribution in [0.1, 0.15) is 18.1 Å². The van der Waals surface area contributed by atoms with Gasteiger partial charge < -0.3 is 15.2 Å². The number of halogens is 1. The van der Waals surface area contributed by atoms with E-state index in [-0.39, 0.29) is 5.82 Å². The highest BCUT2D eigenvalue weighted by molar-refractivity contribution is 5.49. The molecule has 0 aliphatic rings. The van der Waals surface area contributed by atoms with Crippen LogP contribution in [-0.2, 0) is 5.54 Å². The minimum atomic E-state index is -1.02. The van der Waals surface area contributed by atoms with Crippen molar-refractivity contribution in [3.63, 3.8) is 0 Å². The Morgan fingerprint density at radius 3 is 2.30 bits per heavy atom. The Morgan fingerprint density at radius 1 is 1.00 bits per heavy atom. The molecular formula is C16H18FNO2. The summed E-state index contributed by atoms with van der Waals surface area (Å²) in [7, 11) is 3.13. The zero-order valence-corrected chi connectivity index (χ0v) is 11.8. The lowest BCUT2D eigenvalue weighted by Gasteiger charge is -2.28. The van der Waals surface area contributed by atoms with E-state index in [9.17, 15) is 4.39 Å². The zero-order chi connectivity index (χ0) is 14.8. The largest absolute Gasteiger partial charge is 0.497 e. The maximum atomic E-state index is 14.0. The van der Waals surface area contributed by atoms with E-state index >= 15 is 0 Å². The van der Waals surface area contributed by atoms with Crippen molar-refractivity contribution in [2.75, 3.05) is 14.2 Å². The molecule has 3 nitrogen and oxygen atoms in total. The molecule has 20 heavy (non-hydrogen) atoms. The monoisotopic (exact) mass is 275 g/mol. The van der Waals surface area contributed by atoms with Gasteiger partial charge in [0.05, 0.1) is 19.8 Å². The summed E-state index contributed by atoms with van der Waals surface area (Å²) in [6, 6.07) is 11.8. The number of benzene rings is 2. The molecule has 0 aromatic heterocycles. The van der Waals surface area contributed by atoms with E-state index in [0.717, 1.165) is 0 Å². The first-order chi connectivity index (χ1) is 9.50. The first-order valence-corrected chi connectivity index (χ1v) is 6.27. The Bertz CT molecular complexity index is 611. The molecular weight excluding hydrogens is 257 g/mol. The second-order valence-corrected chi connectivity index (χ2v) is 4.75. The Hall–Kier alpha value is -2.07. The first kappa shape index (κ1) is 14.3. The van der Waals surface area contributed by atoms with Crippen LogP contribution in [0.5, 0.6) is 11.5 Å². The fraction of sp³-hybridized carbons (Fsp3) is 0.250. The molecule has 1 atom stereocenters. The Kier molecular flexibility index (Phi) is 3.95. The van der Waals surface area contributed by atoms with Gasteiger partial charge in [0, 0.05) is 11.1 Å². The quantitative estimate of drug-likeness (QED) is 0.932. The second kappa shape index (κ2) is 5.51. The normalized spacial score (nSPS) is 13.7. The van der Waals surface area contributed by atoms with Crippen LogP contribution in [0.2, 0.25) is 0 Å². The van der Waals surface area contributed by atoms with Gasteiger partial charge in [0.15, 0.2) is 0 Å². The summed E-state index contributed by atoms with van der Waals surface area (Å²) in [6.07, 6.45) is 0. The van der Waals surface area contributed by atoms with E-state index in [0.29, 0.717) is 22.6 Å². The van der Waals surface area contributed by atoms with Crippen molar-refractivity contribution in [1.29, 1.82) is 0 Å². The van der Waals surface area contributed by atoms with Crippen molar-refractivity contribution in [3.05, 3.63) is 59.4 Å². The molecule has 0 saturated heterocycles. The van der Waals surface area contributed by atoms with Crippen LogP contribution in [0.3, 0.4) is 0 Å². The average Bonchev–Trinajstić information content (AvgIpc) is 2.46. The van der Waals surface area contributed by atoms with Crippen molar-refractivity contribution in [3.8, 4) is 11.5 Å². The van der Waals surface area contributed by atoms with Crippen LogP contribution < -0.4 is 15.2 Å². The minimum absolute atomic E-state index is 0.345. The fourth-order valence-corrected chi connectivity index (χ4v) is 2.25. The summed E-state index contributed by atoms with van der Waals surface area (Å²) in [5, 5.41) is 0. The third-order valence-electron chi connectivity index (χ3n) is 3.40. The van der Waals surface area contributed by atoms with Gasteiger partial charge in [-0.2, -0.15) is 0 Å². The van der Waals surface area contributed by atoms with E-state index in [1.807, 2.05) is 0 Å². The topological polar surface area (TPSA) is 44.5 Å². The number of rotatable bonds is 4. The molecule has 0 bridgehead atoms. The summed E-state index contributed by atoms with van der Waals surface area (Å²) >= 11 is 0. The SMILES string of the molecule is COc1ccc(OC)c(C(C)(N)c2ccccc2F)c1. The number of nitrogens with two attached hydrogens (primary N) is 1. The molecule has 106 valence electrons. The lowest BCUT2D eigenvalue weighted by Crippen LogP contribution is -2.35. The van der Waals surface area contributed by atoms with Gasteiger partial charge in [-0.25, -0.2) is 4.39 Å². The molecule has 2 aromatic rings. The minimum Gasteiger partial charge on any atom is -0.497 e. The summed E-state index contributed by atoms with van der Waals surface area (Å²) in [4.78, 5) is 0. The van der Waals surface area contributed by atoms with Crippen molar-refractivity contribution in [1.82, 2.24) is 0 Å². The van der Waals surface area contributed by atoms with Crippen LogP contribution in [0.4, 0.5) is 4.39 Å². The smallest absolute Gasteiger partial charge is 0.128 e. The molecule has 0 spiro atoms. The van der Waals surface area contributed by atoms with E-state index in [1.165, 1.54) is 6.07 Å². The molecule has 2 rings (SSSR count). The standard InChI is InChI=1S/C16H18FNO2/c1-16(18,12-6-4-5-7-14(12)17)13-10-11(19-2)8-9-15(13)20-3/h4-10H,18H2,1-3H3. The zero-order valence-electron chi connectivity index (χ0n) is 11.8. The Labute approximate surface area is 118 Å². The van der Waals surface area contributed by atoms with Crippen LogP contribution in [0.15, 0.2) is 42.5 Å². The second-order valence-electron chi connectivity index (χ2n) is 4.75. The third-order valence-corrected chi connectivity index (χ3v) is 3.40. The first-order valence-electron chi connectivity index (χ1n) is 6.27. The molecule has 0 aliphatic heterocycles. The highest BCUT2D eigenvalue weighted by Crippen LogP contribution is 2.36. The molecule has 0 heterocycles. The van der Waals surface area contributed by atoms with Crippen LogP contribution in [0.25, 0.3) is 0 Å². The molecule has 2 N–H and O–H groups in total. The van der Waals surface area contributed by atoms with Gasteiger partial charge in [-0.05, 0) is 31.2 Å². The maximum Gasteiger partial charge on any atom is 0.128 e. The fourth-order valence-electron chi connectivity index (χ4n) is 2.25. The molecule has 0 saturated carbocycles. The lowest BCUT2D eigenvalue weighted by atomic mass is 9.84. The predicted molar refractivity (Wildman–Crippen MR) is 76.6 cm³/mol. The molecule has 2 aromatic carbocycles. The summed E-state index contributed by atoms with van der Waals surface area (Å²) in [6.45, 7) is 1.75. The molecule has 4 heteroatoms. The Morgan fingerprint density at radius 2 is 1.70 bits per heavy atom. The number of methoxy groups -OCH3 is 2. The van der Waals surface area contributed by atoms with E-state index < -0.39 is 5.54 Å². The van der Waals surface area contributed by atoms with Gasteiger partial charge in [-0.1, -0.05) is 18.2 Å². The lowest BCUT2D eigenvalue weighted by molar-refractivity contribution is 0.387. The van der Waals surface area contributed by atoms with E-state index in [4.69, 9.17) is 15.2 Å². The van der Waals surface area contributed by atoms with Crippen LogP contribution in [0, 0.1) is 5.82 Å². The van der Waals surface area contributed by atoms with Gasteiger partial charge in [-0.15, -0.1) is 0 Å². The molecule has 1 unspecified atom stereocenters. The summed E-state index contributed by atoms with van der Waals surface area (Å²) < 4.78 is 24.6.